The molecule has 29 heavy (non-hydrogen) atoms. The van der Waals surface area contributed by atoms with Gasteiger partial charge in [-0.3, -0.25) is 4.79 Å². The summed E-state index contributed by atoms with van der Waals surface area (Å²) in [5.74, 6) is 1.97. The molecule has 0 radical (unpaired) electrons. The molecule has 0 unspecified atom stereocenters. The summed E-state index contributed by atoms with van der Waals surface area (Å²) in [5, 5.41) is 3.06. The van der Waals surface area contributed by atoms with Crippen LogP contribution >= 0.6 is 0 Å². The number of carbonyl (C=O) groups excluding carboxylic acids is 1. The molecule has 3 aromatic rings. The molecule has 1 saturated carbocycles. The third-order valence-corrected chi connectivity index (χ3v) is 5.82. The van der Waals surface area contributed by atoms with Crippen LogP contribution in [-0.4, -0.2) is 17.4 Å². The maximum Gasteiger partial charge on any atom is 0.222 e. The third-order valence-electron chi connectivity index (χ3n) is 5.82. The molecule has 1 aliphatic rings. The number of nitrogens with one attached hydrogen (secondary N) is 1. The van der Waals surface area contributed by atoms with Gasteiger partial charge >= 0.3 is 0 Å². The maximum absolute atomic E-state index is 11.8. The van der Waals surface area contributed by atoms with E-state index in [1.807, 2.05) is 19.9 Å². The van der Waals surface area contributed by atoms with Crippen molar-refractivity contribution in [2.45, 2.75) is 51.9 Å². The Bertz CT molecular complexity index is 961. The van der Waals surface area contributed by atoms with E-state index in [1.54, 1.807) is 0 Å². The zero-order chi connectivity index (χ0) is 20.2. The Kier molecular flexibility index (Phi) is 5.98. The summed E-state index contributed by atoms with van der Waals surface area (Å²) < 4.78 is 6.17. The molecule has 2 atom stereocenters. The van der Waals surface area contributed by atoms with Gasteiger partial charge in [-0.25, -0.2) is 4.98 Å². The van der Waals surface area contributed by atoms with Gasteiger partial charge < -0.3 is 9.73 Å². The molecular formula is C25H30N2O2. The van der Waals surface area contributed by atoms with Gasteiger partial charge in [-0.1, -0.05) is 56.3 Å². The Balaban J connectivity index is 1.33. The quantitative estimate of drug-likeness (QED) is 0.507. The van der Waals surface area contributed by atoms with Crippen molar-refractivity contribution in [3.05, 3.63) is 65.5 Å². The van der Waals surface area contributed by atoms with Crippen molar-refractivity contribution in [2.24, 2.45) is 11.8 Å². The largest absolute Gasteiger partial charge is 0.440 e. The van der Waals surface area contributed by atoms with Gasteiger partial charge in [0.05, 0.1) is 0 Å². The summed E-state index contributed by atoms with van der Waals surface area (Å²) in [7, 11) is 0. The molecule has 4 heteroatoms. The van der Waals surface area contributed by atoms with E-state index >= 15 is 0 Å². The lowest BCUT2D eigenvalue weighted by Crippen LogP contribution is -2.29. The smallest absolute Gasteiger partial charge is 0.222 e. The monoisotopic (exact) mass is 390 g/mol. The van der Waals surface area contributed by atoms with E-state index in [4.69, 9.17) is 9.40 Å². The molecule has 0 saturated heterocycles. The number of fused-ring (bicyclic) bond motifs is 1. The van der Waals surface area contributed by atoms with Crippen molar-refractivity contribution in [2.75, 3.05) is 6.54 Å². The minimum absolute atomic E-state index is 0.0364. The minimum atomic E-state index is 0.0364. The first-order chi connectivity index (χ1) is 14.1. The van der Waals surface area contributed by atoms with Crippen molar-refractivity contribution < 1.29 is 9.21 Å². The second-order valence-corrected chi connectivity index (χ2v) is 8.50. The van der Waals surface area contributed by atoms with Crippen LogP contribution in [-0.2, 0) is 17.6 Å². The predicted molar refractivity (Wildman–Crippen MR) is 116 cm³/mol. The highest BCUT2D eigenvalue weighted by atomic mass is 16.3. The summed E-state index contributed by atoms with van der Waals surface area (Å²) in [4.78, 5) is 16.5. The van der Waals surface area contributed by atoms with Gasteiger partial charge in [0, 0.05) is 24.4 Å². The molecule has 1 aliphatic carbocycles. The highest BCUT2D eigenvalue weighted by molar-refractivity contribution is 5.78. The lowest BCUT2D eigenvalue weighted by Gasteiger charge is -2.07. The average Bonchev–Trinajstić information content (AvgIpc) is 3.38. The highest BCUT2D eigenvalue weighted by Crippen LogP contribution is 2.49. The standard InChI is InChI=1S/C25H30N2O2/c1-17(2)25(28)26-16-19-15-21(19)20-12-8-13-22-24(20)29-23(27-22)14-7-6-11-18-9-4-3-5-10-18/h3-5,8-10,12-13,17,19,21H,6-7,11,14-16H2,1-2H3,(H,26,28)/t19-,21+/m0/s1. The fourth-order valence-electron chi connectivity index (χ4n) is 3.96. The second-order valence-electron chi connectivity index (χ2n) is 8.50. The van der Waals surface area contributed by atoms with Gasteiger partial charge in [-0.05, 0) is 49.1 Å². The van der Waals surface area contributed by atoms with Crippen molar-refractivity contribution in [3.8, 4) is 0 Å². The molecule has 0 aliphatic heterocycles. The summed E-state index contributed by atoms with van der Waals surface area (Å²) in [6, 6.07) is 16.9. The number of para-hydroxylation sites is 1. The van der Waals surface area contributed by atoms with Gasteiger partial charge in [0.15, 0.2) is 11.5 Å². The first-order valence-corrected chi connectivity index (χ1v) is 10.8. The highest BCUT2D eigenvalue weighted by Gasteiger charge is 2.40. The number of amides is 1. The van der Waals surface area contributed by atoms with E-state index in [0.29, 0.717) is 11.8 Å². The number of aromatic nitrogens is 1. The molecule has 1 fully saturated rings. The number of benzene rings is 2. The number of carbonyl (C=O) groups is 1. The Morgan fingerprint density at radius 2 is 1.90 bits per heavy atom. The Hall–Kier alpha value is -2.62. The molecule has 1 heterocycles. The van der Waals surface area contributed by atoms with Gasteiger partial charge in [0.25, 0.3) is 0 Å². The van der Waals surface area contributed by atoms with Crippen LogP contribution < -0.4 is 5.32 Å². The number of nitrogens with zero attached hydrogens (tertiary/aromatic N) is 1. The van der Waals surface area contributed by atoms with Crippen LogP contribution in [0.25, 0.3) is 11.1 Å². The van der Waals surface area contributed by atoms with Crippen LogP contribution in [0, 0.1) is 11.8 Å². The second kappa shape index (κ2) is 8.81. The fraction of sp³-hybridized carbons (Fsp3) is 0.440. The molecule has 2 aromatic carbocycles. The summed E-state index contributed by atoms with van der Waals surface area (Å²) in [5.41, 5.74) is 4.52. The predicted octanol–water partition coefficient (Wildman–Crippen LogP) is 5.27. The van der Waals surface area contributed by atoms with E-state index in [0.717, 1.165) is 55.6 Å². The molecule has 0 bridgehead atoms. The normalized spacial score (nSPS) is 18.3. The van der Waals surface area contributed by atoms with Crippen LogP contribution in [0.3, 0.4) is 0 Å². The van der Waals surface area contributed by atoms with Crippen molar-refractivity contribution >= 4 is 17.0 Å². The number of unbranched alkanes of at least 4 members (excludes halogenated alkanes) is 1. The van der Waals surface area contributed by atoms with Crippen LogP contribution in [0.4, 0.5) is 0 Å². The van der Waals surface area contributed by atoms with Crippen molar-refractivity contribution in [3.63, 3.8) is 0 Å². The van der Waals surface area contributed by atoms with Gasteiger partial charge in [-0.15, -0.1) is 0 Å². The summed E-state index contributed by atoms with van der Waals surface area (Å²) >= 11 is 0. The molecule has 4 nitrogen and oxygen atoms in total. The Morgan fingerprint density at radius 1 is 1.10 bits per heavy atom. The molecule has 1 aromatic heterocycles. The van der Waals surface area contributed by atoms with Gasteiger partial charge in [0.2, 0.25) is 5.91 Å². The zero-order valence-corrected chi connectivity index (χ0v) is 17.4. The lowest BCUT2D eigenvalue weighted by atomic mass is 10.1. The fourth-order valence-corrected chi connectivity index (χ4v) is 3.96. The van der Waals surface area contributed by atoms with Crippen LogP contribution in [0.1, 0.15) is 56.0 Å². The third kappa shape index (κ3) is 4.87. The zero-order valence-electron chi connectivity index (χ0n) is 17.4. The van der Waals surface area contributed by atoms with E-state index in [2.05, 4.69) is 47.8 Å². The molecule has 152 valence electrons. The van der Waals surface area contributed by atoms with Crippen LogP contribution in [0.15, 0.2) is 52.9 Å². The van der Waals surface area contributed by atoms with Crippen molar-refractivity contribution in [1.82, 2.24) is 10.3 Å². The Labute approximate surface area is 172 Å². The van der Waals surface area contributed by atoms with Gasteiger partial charge in [0.1, 0.15) is 5.52 Å². The first kappa shape index (κ1) is 19.7. The van der Waals surface area contributed by atoms with E-state index in [-0.39, 0.29) is 11.8 Å². The minimum Gasteiger partial charge on any atom is -0.440 e. The lowest BCUT2D eigenvalue weighted by molar-refractivity contribution is -0.124. The number of aryl methyl sites for hydroxylation is 2. The van der Waals surface area contributed by atoms with Crippen LogP contribution in [0.5, 0.6) is 0 Å². The van der Waals surface area contributed by atoms with Crippen molar-refractivity contribution in [1.29, 1.82) is 0 Å². The number of hydrogen-bond acceptors (Lipinski definition) is 3. The number of rotatable bonds is 9. The van der Waals surface area contributed by atoms with Gasteiger partial charge in [-0.2, -0.15) is 0 Å². The topological polar surface area (TPSA) is 55.1 Å². The average molecular weight is 391 g/mol. The first-order valence-electron chi connectivity index (χ1n) is 10.8. The molecular weight excluding hydrogens is 360 g/mol. The number of oxazole rings is 1. The Morgan fingerprint density at radius 3 is 2.69 bits per heavy atom. The molecule has 1 N–H and O–H groups in total. The molecule has 1 amide bonds. The summed E-state index contributed by atoms with van der Waals surface area (Å²) in [6.07, 6.45) is 5.28. The summed E-state index contributed by atoms with van der Waals surface area (Å²) in [6.45, 7) is 4.60. The molecule has 4 rings (SSSR count). The van der Waals surface area contributed by atoms with E-state index in [9.17, 15) is 4.79 Å². The van der Waals surface area contributed by atoms with E-state index < -0.39 is 0 Å². The molecule has 0 spiro atoms. The van der Waals surface area contributed by atoms with Crippen LogP contribution in [0.2, 0.25) is 0 Å². The number of hydrogen-bond donors (Lipinski definition) is 1. The maximum atomic E-state index is 11.8. The van der Waals surface area contributed by atoms with E-state index in [1.165, 1.54) is 11.1 Å². The SMILES string of the molecule is CC(C)C(=O)NC[C@@H]1C[C@H]1c1cccc2nc(CCCCc3ccccc3)oc12.